The van der Waals surface area contributed by atoms with E-state index in [-0.39, 0.29) is 0 Å². The van der Waals surface area contributed by atoms with Crippen molar-refractivity contribution >= 4 is 16.5 Å². The average molecular weight is 271 g/mol. The van der Waals surface area contributed by atoms with Crippen molar-refractivity contribution in [3.8, 4) is 5.75 Å². The highest BCUT2D eigenvalue weighted by atomic mass is 16.5. The minimum atomic E-state index is 0.342. The number of anilines is 1. The number of benzene rings is 2. The van der Waals surface area contributed by atoms with Gasteiger partial charge in [-0.05, 0) is 37.8 Å². The number of ether oxygens (including phenoxy) is 1. The summed E-state index contributed by atoms with van der Waals surface area (Å²) < 4.78 is 5.41. The fraction of sp³-hybridized carbons (Fsp3) is 0.412. The maximum atomic E-state index is 9.92. The van der Waals surface area contributed by atoms with Crippen LogP contribution in [0.25, 0.3) is 10.8 Å². The normalized spacial score (nSPS) is 22.9. The van der Waals surface area contributed by atoms with Gasteiger partial charge in [0, 0.05) is 29.6 Å². The topological polar surface area (TPSA) is 41.5 Å². The van der Waals surface area contributed by atoms with Crippen LogP contribution in [0.3, 0.4) is 0 Å². The Morgan fingerprint density at radius 2 is 1.70 bits per heavy atom. The molecule has 1 saturated carbocycles. The van der Waals surface area contributed by atoms with E-state index < -0.39 is 0 Å². The molecule has 2 aromatic carbocycles. The number of hydrogen-bond acceptors (Lipinski definition) is 3. The molecule has 1 fully saturated rings. The quantitative estimate of drug-likeness (QED) is 0.889. The van der Waals surface area contributed by atoms with Crippen molar-refractivity contribution in [3.05, 3.63) is 36.4 Å². The van der Waals surface area contributed by atoms with Crippen LogP contribution in [-0.2, 0) is 4.74 Å². The Bertz CT molecular complexity index is 589. The molecule has 0 spiro atoms. The van der Waals surface area contributed by atoms with E-state index in [1.807, 2.05) is 18.2 Å². The third-order valence-corrected chi connectivity index (χ3v) is 4.27. The van der Waals surface area contributed by atoms with Gasteiger partial charge in [0.25, 0.3) is 0 Å². The number of nitrogens with one attached hydrogen (secondary N) is 1. The predicted molar refractivity (Wildman–Crippen MR) is 82.3 cm³/mol. The summed E-state index contributed by atoms with van der Waals surface area (Å²) in [6, 6.07) is 12.2. The summed E-state index contributed by atoms with van der Waals surface area (Å²) in [5, 5.41) is 15.5. The molecule has 0 bridgehead atoms. The lowest BCUT2D eigenvalue weighted by atomic mass is 9.92. The van der Waals surface area contributed by atoms with Crippen LogP contribution in [-0.4, -0.2) is 24.4 Å². The van der Waals surface area contributed by atoms with Gasteiger partial charge in [-0.25, -0.2) is 0 Å². The first-order valence-electron chi connectivity index (χ1n) is 7.28. The number of fused-ring (bicyclic) bond motifs is 1. The van der Waals surface area contributed by atoms with Crippen molar-refractivity contribution in [2.45, 2.75) is 37.8 Å². The fourth-order valence-electron chi connectivity index (χ4n) is 3.08. The maximum Gasteiger partial charge on any atom is 0.123 e. The van der Waals surface area contributed by atoms with Gasteiger partial charge in [-0.15, -0.1) is 0 Å². The van der Waals surface area contributed by atoms with Crippen LogP contribution >= 0.6 is 0 Å². The van der Waals surface area contributed by atoms with Gasteiger partial charge in [0.1, 0.15) is 5.75 Å². The number of phenolic OH excluding ortho intramolecular Hbond substituents is 1. The third kappa shape index (κ3) is 2.59. The second kappa shape index (κ2) is 5.71. The van der Waals surface area contributed by atoms with Crippen LogP contribution in [0.2, 0.25) is 0 Å². The molecule has 0 amide bonds. The van der Waals surface area contributed by atoms with Crippen LogP contribution in [0.4, 0.5) is 5.69 Å². The Balaban J connectivity index is 1.80. The van der Waals surface area contributed by atoms with Gasteiger partial charge in [-0.2, -0.15) is 0 Å². The third-order valence-electron chi connectivity index (χ3n) is 4.27. The van der Waals surface area contributed by atoms with Gasteiger partial charge in [0.05, 0.1) is 6.10 Å². The summed E-state index contributed by atoms with van der Waals surface area (Å²) in [5.74, 6) is 0.342. The summed E-state index contributed by atoms with van der Waals surface area (Å²) in [5.41, 5.74) is 1.11. The van der Waals surface area contributed by atoms with Crippen molar-refractivity contribution < 1.29 is 9.84 Å². The molecule has 0 unspecified atom stereocenters. The number of phenols is 1. The molecular weight excluding hydrogens is 250 g/mol. The lowest BCUT2D eigenvalue weighted by molar-refractivity contribution is 0.0682. The van der Waals surface area contributed by atoms with Crippen molar-refractivity contribution in [1.82, 2.24) is 0 Å². The van der Waals surface area contributed by atoms with E-state index in [0.717, 1.165) is 42.1 Å². The largest absolute Gasteiger partial charge is 0.507 e. The Labute approximate surface area is 119 Å². The smallest absolute Gasteiger partial charge is 0.123 e. The van der Waals surface area contributed by atoms with E-state index in [1.165, 1.54) is 0 Å². The first-order valence-corrected chi connectivity index (χ1v) is 7.28. The van der Waals surface area contributed by atoms with Crippen LogP contribution < -0.4 is 5.32 Å². The predicted octanol–water partition coefficient (Wildman–Crippen LogP) is 3.91. The molecule has 0 radical (unpaired) electrons. The van der Waals surface area contributed by atoms with Crippen LogP contribution in [0.5, 0.6) is 5.75 Å². The molecule has 0 heterocycles. The van der Waals surface area contributed by atoms with Crippen molar-refractivity contribution in [1.29, 1.82) is 0 Å². The fourth-order valence-corrected chi connectivity index (χ4v) is 3.08. The number of aromatic hydroxyl groups is 1. The first kappa shape index (κ1) is 13.3. The zero-order chi connectivity index (χ0) is 13.9. The molecule has 1 aliphatic carbocycles. The summed E-state index contributed by atoms with van der Waals surface area (Å²) in [4.78, 5) is 0. The molecule has 0 aromatic heterocycles. The molecule has 3 nitrogen and oxygen atoms in total. The Kier molecular flexibility index (Phi) is 3.79. The van der Waals surface area contributed by atoms with E-state index in [4.69, 9.17) is 4.74 Å². The standard InChI is InChI=1S/C17H21NO2/c1-20-13-10-8-12(9-11-13)18-16-6-2-5-15-14(16)4-3-7-17(15)19/h2-7,12-13,18-19H,8-11H2,1H3. The number of rotatable bonds is 3. The highest BCUT2D eigenvalue weighted by Gasteiger charge is 2.21. The van der Waals surface area contributed by atoms with E-state index in [1.54, 1.807) is 13.2 Å². The molecule has 0 saturated heterocycles. The van der Waals surface area contributed by atoms with Gasteiger partial charge in [0.2, 0.25) is 0 Å². The molecule has 0 atom stereocenters. The zero-order valence-corrected chi connectivity index (χ0v) is 11.8. The van der Waals surface area contributed by atoms with E-state index in [0.29, 0.717) is 17.9 Å². The van der Waals surface area contributed by atoms with Gasteiger partial charge >= 0.3 is 0 Å². The van der Waals surface area contributed by atoms with Gasteiger partial charge in [0.15, 0.2) is 0 Å². The molecule has 3 rings (SSSR count). The van der Waals surface area contributed by atoms with Crippen LogP contribution in [0, 0.1) is 0 Å². The Hall–Kier alpha value is -1.74. The molecule has 106 valence electrons. The van der Waals surface area contributed by atoms with E-state index in [9.17, 15) is 5.11 Å². The zero-order valence-electron chi connectivity index (χ0n) is 11.8. The molecule has 20 heavy (non-hydrogen) atoms. The van der Waals surface area contributed by atoms with E-state index >= 15 is 0 Å². The molecule has 2 N–H and O–H groups in total. The number of methoxy groups -OCH3 is 1. The molecule has 3 heteroatoms. The van der Waals surface area contributed by atoms with Crippen molar-refractivity contribution in [3.63, 3.8) is 0 Å². The minimum Gasteiger partial charge on any atom is -0.507 e. The second-order valence-corrected chi connectivity index (χ2v) is 5.53. The summed E-state index contributed by atoms with van der Waals surface area (Å²) in [6.07, 6.45) is 4.92. The molecule has 1 aliphatic rings. The molecule has 0 aliphatic heterocycles. The molecular formula is C17H21NO2. The maximum absolute atomic E-state index is 9.92. The minimum absolute atomic E-state index is 0.342. The van der Waals surface area contributed by atoms with Crippen LogP contribution in [0.15, 0.2) is 36.4 Å². The number of hydrogen-bond donors (Lipinski definition) is 2. The second-order valence-electron chi connectivity index (χ2n) is 5.53. The van der Waals surface area contributed by atoms with Crippen LogP contribution in [0.1, 0.15) is 25.7 Å². The SMILES string of the molecule is COC1CCC(Nc2cccc3c(O)cccc23)CC1. The summed E-state index contributed by atoms with van der Waals surface area (Å²) >= 11 is 0. The van der Waals surface area contributed by atoms with Gasteiger partial charge < -0.3 is 15.2 Å². The average Bonchev–Trinajstić information content (AvgIpc) is 2.49. The lowest BCUT2D eigenvalue weighted by Gasteiger charge is -2.29. The highest BCUT2D eigenvalue weighted by Crippen LogP contribution is 2.32. The van der Waals surface area contributed by atoms with Gasteiger partial charge in [-0.1, -0.05) is 24.3 Å². The summed E-state index contributed by atoms with van der Waals surface area (Å²) in [6.45, 7) is 0. The van der Waals surface area contributed by atoms with E-state index in [2.05, 4.69) is 17.4 Å². The monoisotopic (exact) mass is 271 g/mol. The Morgan fingerprint density at radius 3 is 2.45 bits per heavy atom. The summed E-state index contributed by atoms with van der Waals surface area (Å²) in [7, 11) is 1.80. The first-order chi connectivity index (χ1) is 9.78. The van der Waals surface area contributed by atoms with Crippen molar-refractivity contribution in [2.24, 2.45) is 0 Å². The lowest BCUT2D eigenvalue weighted by Crippen LogP contribution is -2.29. The highest BCUT2D eigenvalue weighted by molar-refractivity contribution is 5.97. The van der Waals surface area contributed by atoms with Crippen molar-refractivity contribution in [2.75, 3.05) is 12.4 Å². The molecule has 2 aromatic rings. The Morgan fingerprint density at radius 1 is 1.00 bits per heavy atom. The van der Waals surface area contributed by atoms with Gasteiger partial charge in [-0.3, -0.25) is 0 Å².